The molecule has 0 saturated carbocycles. The average Bonchev–Trinajstić information content (AvgIpc) is 3.44. The van der Waals surface area contributed by atoms with Crippen LogP contribution in [-0.2, 0) is 7.05 Å². The summed E-state index contributed by atoms with van der Waals surface area (Å²) in [4.78, 5) is 23.6. The quantitative estimate of drug-likeness (QED) is 0.452. The molecule has 2 aromatic heterocycles. The van der Waals surface area contributed by atoms with E-state index >= 15 is 0 Å². The molecule has 3 heterocycles. The molecule has 1 aliphatic heterocycles. The van der Waals surface area contributed by atoms with E-state index in [-0.39, 0.29) is 40.1 Å². The Hall–Kier alpha value is -4.12. The summed E-state index contributed by atoms with van der Waals surface area (Å²) in [7, 11) is 3.11. The molecule has 35 heavy (non-hydrogen) atoms. The summed E-state index contributed by atoms with van der Waals surface area (Å²) in [5, 5.41) is 7.55. The summed E-state index contributed by atoms with van der Waals surface area (Å²) >= 11 is 0. The van der Waals surface area contributed by atoms with Crippen LogP contribution in [0.15, 0.2) is 42.7 Å². The van der Waals surface area contributed by atoms with Crippen LogP contribution in [0.1, 0.15) is 16.9 Å². The van der Waals surface area contributed by atoms with E-state index in [4.69, 9.17) is 10.5 Å². The monoisotopic (exact) mass is 479 g/mol. The number of carbonyl (C=O) groups is 1. The van der Waals surface area contributed by atoms with Crippen LogP contribution in [0, 0.1) is 11.6 Å². The van der Waals surface area contributed by atoms with Crippen molar-refractivity contribution < 1.29 is 18.3 Å². The highest BCUT2D eigenvalue weighted by Crippen LogP contribution is 2.38. The maximum absolute atomic E-state index is 14.9. The van der Waals surface area contributed by atoms with Gasteiger partial charge in [-0.1, -0.05) is 6.07 Å². The van der Waals surface area contributed by atoms with Gasteiger partial charge in [-0.05, 0) is 24.6 Å². The van der Waals surface area contributed by atoms with Gasteiger partial charge in [0.05, 0.1) is 24.0 Å². The Kier molecular flexibility index (Phi) is 5.77. The third kappa shape index (κ3) is 4.14. The molecule has 0 bridgehead atoms. The van der Waals surface area contributed by atoms with Gasteiger partial charge in [0.1, 0.15) is 22.8 Å². The van der Waals surface area contributed by atoms with Crippen molar-refractivity contribution in [3.63, 3.8) is 0 Å². The van der Waals surface area contributed by atoms with Gasteiger partial charge in [-0.15, -0.1) is 0 Å². The average molecular weight is 479 g/mol. The predicted octanol–water partition coefficient (Wildman–Crippen LogP) is 3.11. The highest BCUT2D eigenvalue weighted by Gasteiger charge is 2.27. The van der Waals surface area contributed by atoms with E-state index in [1.54, 1.807) is 19.3 Å². The summed E-state index contributed by atoms with van der Waals surface area (Å²) in [5.74, 6) is -1.52. The van der Waals surface area contributed by atoms with Crippen molar-refractivity contribution in [2.75, 3.05) is 30.4 Å². The number of fused-ring (bicyclic) bond motifs is 1. The van der Waals surface area contributed by atoms with E-state index < -0.39 is 17.5 Å². The molecular formula is C24H23F2N7O2. The van der Waals surface area contributed by atoms with Crippen LogP contribution >= 0.6 is 0 Å². The molecule has 4 aromatic rings. The molecule has 0 spiro atoms. The van der Waals surface area contributed by atoms with Crippen molar-refractivity contribution in [1.82, 2.24) is 19.7 Å². The minimum Gasteiger partial charge on any atom is -0.496 e. The number of aryl methyl sites for hydroxylation is 1. The van der Waals surface area contributed by atoms with Crippen LogP contribution < -0.4 is 20.7 Å². The lowest BCUT2D eigenvalue weighted by Crippen LogP contribution is -2.27. The molecule has 0 aliphatic carbocycles. The topological polar surface area (TPSA) is 111 Å². The van der Waals surface area contributed by atoms with Gasteiger partial charge in [0, 0.05) is 50.0 Å². The number of benzene rings is 2. The zero-order valence-electron chi connectivity index (χ0n) is 19.1. The molecule has 0 radical (unpaired) electrons. The van der Waals surface area contributed by atoms with E-state index in [1.165, 1.54) is 42.3 Å². The normalized spacial score (nSPS) is 15.6. The van der Waals surface area contributed by atoms with Gasteiger partial charge in [-0.3, -0.25) is 9.48 Å². The summed E-state index contributed by atoms with van der Waals surface area (Å²) in [5.41, 5.74) is 7.25. The van der Waals surface area contributed by atoms with Crippen LogP contribution in [0.3, 0.4) is 0 Å². The lowest BCUT2D eigenvalue weighted by Gasteiger charge is -2.23. The first-order valence-electron chi connectivity index (χ1n) is 11.0. The van der Waals surface area contributed by atoms with Crippen molar-refractivity contribution in [3.8, 4) is 17.1 Å². The van der Waals surface area contributed by atoms with E-state index in [1.807, 2.05) is 4.90 Å². The summed E-state index contributed by atoms with van der Waals surface area (Å²) in [6.07, 6.45) is 3.83. The number of methoxy groups -OCH3 is 1. The second-order valence-electron chi connectivity index (χ2n) is 8.35. The summed E-state index contributed by atoms with van der Waals surface area (Å²) in [6.45, 7) is 1.22. The second kappa shape index (κ2) is 8.91. The molecule has 2 aromatic carbocycles. The molecular weight excluding hydrogens is 456 g/mol. The molecule has 1 amide bonds. The number of amides is 1. The van der Waals surface area contributed by atoms with Gasteiger partial charge in [0.15, 0.2) is 11.6 Å². The first kappa shape index (κ1) is 22.7. The third-order valence-corrected chi connectivity index (χ3v) is 5.93. The van der Waals surface area contributed by atoms with E-state index in [0.717, 1.165) is 6.42 Å². The van der Waals surface area contributed by atoms with Crippen LogP contribution in [0.2, 0.25) is 0 Å². The number of aromatic nitrogens is 4. The van der Waals surface area contributed by atoms with Crippen molar-refractivity contribution >= 4 is 28.2 Å². The summed E-state index contributed by atoms with van der Waals surface area (Å²) in [6, 6.07) is 6.95. The lowest BCUT2D eigenvalue weighted by atomic mass is 10.1. The van der Waals surface area contributed by atoms with Gasteiger partial charge < -0.3 is 20.7 Å². The first-order valence-corrected chi connectivity index (χ1v) is 11.0. The number of hydrogen-bond acceptors (Lipinski definition) is 7. The van der Waals surface area contributed by atoms with Gasteiger partial charge in [-0.25, -0.2) is 18.7 Å². The number of nitrogens with zero attached hydrogens (tertiary/aromatic N) is 5. The van der Waals surface area contributed by atoms with E-state index in [0.29, 0.717) is 24.2 Å². The molecule has 9 nitrogen and oxygen atoms in total. The number of nitrogens with two attached hydrogens (primary N) is 1. The minimum atomic E-state index is -0.601. The van der Waals surface area contributed by atoms with Gasteiger partial charge in [-0.2, -0.15) is 5.10 Å². The highest BCUT2D eigenvalue weighted by molar-refractivity contribution is 6.09. The fraction of sp³-hybridized carbons (Fsp3) is 0.250. The molecule has 1 atom stereocenters. The van der Waals surface area contributed by atoms with Crippen LogP contribution in [0.25, 0.3) is 22.3 Å². The third-order valence-electron chi connectivity index (χ3n) is 5.93. The van der Waals surface area contributed by atoms with Crippen molar-refractivity contribution in [1.29, 1.82) is 0 Å². The first-order chi connectivity index (χ1) is 16.9. The molecule has 1 aliphatic rings. The maximum Gasteiger partial charge on any atom is 0.274 e. The Balaban J connectivity index is 1.54. The van der Waals surface area contributed by atoms with E-state index in [2.05, 4.69) is 20.4 Å². The number of rotatable bonds is 5. The fourth-order valence-corrected chi connectivity index (χ4v) is 4.36. The molecule has 3 N–H and O–H groups in total. The predicted molar refractivity (Wildman–Crippen MR) is 127 cm³/mol. The van der Waals surface area contributed by atoms with Gasteiger partial charge >= 0.3 is 0 Å². The Bertz CT molecular complexity index is 1440. The number of carbonyl (C=O) groups excluding carboxylic acids is 1. The zero-order valence-corrected chi connectivity index (χ0v) is 19.1. The van der Waals surface area contributed by atoms with Gasteiger partial charge in [0.2, 0.25) is 0 Å². The highest BCUT2D eigenvalue weighted by atomic mass is 19.1. The smallest absolute Gasteiger partial charge is 0.274 e. The lowest BCUT2D eigenvalue weighted by molar-refractivity contribution is 0.102. The second-order valence-corrected chi connectivity index (χ2v) is 8.35. The van der Waals surface area contributed by atoms with Crippen molar-refractivity contribution in [2.24, 2.45) is 12.8 Å². The SMILES string of the molecule is COc1cccc(F)c1-c1nccc(C(=O)Nc2cc(F)c3nn(C)cc3c2N2CCC(N)C2)n1. The molecule has 5 rings (SSSR count). The molecule has 1 unspecified atom stereocenters. The zero-order chi connectivity index (χ0) is 24.7. The Morgan fingerprint density at radius 2 is 2.09 bits per heavy atom. The van der Waals surface area contributed by atoms with Crippen LogP contribution in [-0.4, -0.2) is 51.9 Å². The Labute approximate surface area is 199 Å². The number of halogens is 2. The molecule has 11 heteroatoms. The Morgan fingerprint density at radius 1 is 1.26 bits per heavy atom. The molecule has 1 saturated heterocycles. The van der Waals surface area contributed by atoms with Crippen LogP contribution in [0.5, 0.6) is 5.75 Å². The Morgan fingerprint density at radius 3 is 2.83 bits per heavy atom. The van der Waals surface area contributed by atoms with Crippen molar-refractivity contribution in [3.05, 3.63) is 60.1 Å². The largest absolute Gasteiger partial charge is 0.496 e. The number of hydrogen-bond donors (Lipinski definition) is 2. The summed E-state index contributed by atoms with van der Waals surface area (Å²) < 4.78 is 36.2. The standard InChI is InChI=1S/C24H23F2N7O2/c1-32-12-14-21(31-32)16(26)10-18(22(14)33-9-7-13(27)11-33)30-24(34)17-6-8-28-23(29-17)20-15(25)4-3-5-19(20)35-2/h3-6,8,10,12-13H,7,9,11,27H2,1-2H3,(H,30,34). The number of nitrogens with one attached hydrogen (secondary N) is 1. The number of ether oxygens (including phenoxy) is 1. The molecule has 1 fully saturated rings. The fourth-order valence-electron chi connectivity index (χ4n) is 4.36. The van der Waals surface area contributed by atoms with Crippen LogP contribution in [0.4, 0.5) is 20.2 Å². The number of anilines is 2. The molecule has 180 valence electrons. The minimum absolute atomic E-state index is 0.00719. The van der Waals surface area contributed by atoms with Gasteiger partial charge in [0.25, 0.3) is 5.91 Å². The maximum atomic E-state index is 14.9. The van der Waals surface area contributed by atoms with E-state index in [9.17, 15) is 13.6 Å². The van der Waals surface area contributed by atoms with Crippen molar-refractivity contribution in [2.45, 2.75) is 12.5 Å².